The molecule has 0 saturated carbocycles. The van der Waals surface area contributed by atoms with Crippen LogP contribution in [0.15, 0.2) is 30.3 Å². The van der Waals surface area contributed by atoms with Crippen LogP contribution in [0.3, 0.4) is 0 Å². The predicted molar refractivity (Wildman–Crippen MR) is 158 cm³/mol. The number of unbranched alkanes of at least 4 members (excludes halogenated alkanes) is 2. The molecule has 0 aliphatic heterocycles. The van der Waals surface area contributed by atoms with Gasteiger partial charge in [0.1, 0.15) is 6.61 Å². The van der Waals surface area contributed by atoms with E-state index in [0.29, 0.717) is 47.8 Å². The Kier molecular flexibility index (Phi) is 12.7. The van der Waals surface area contributed by atoms with Crippen LogP contribution in [-0.2, 0) is 30.5 Å². The van der Waals surface area contributed by atoms with Gasteiger partial charge in [0.25, 0.3) is 0 Å². The summed E-state index contributed by atoms with van der Waals surface area (Å²) in [4.78, 5) is 48.2. The minimum atomic E-state index is -0.546. The molecule has 0 spiro atoms. The van der Waals surface area contributed by atoms with Crippen LogP contribution < -0.4 is 10.6 Å². The number of esters is 2. The van der Waals surface area contributed by atoms with Gasteiger partial charge in [0.15, 0.2) is 0 Å². The molecule has 35 heavy (non-hydrogen) atoms. The Hall–Kier alpha value is -1.49. The standard InChI is InChI=1S/C24H25I3N2O6/c1-14(30)28-22-19(25)18(20(26)23(21(22)27)29-15(2)31)24(33)34-12-8-4-7-11-17(32)35-13-16-9-5-3-6-10-16/h3,5-6,9-10H,4,7-8,11-13H2,1-2H3,(H,28,30)(H,29,31). The zero-order valence-corrected chi connectivity index (χ0v) is 25.7. The van der Waals surface area contributed by atoms with Crippen molar-refractivity contribution >= 4 is 103 Å². The van der Waals surface area contributed by atoms with Crippen molar-refractivity contribution in [3.8, 4) is 0 Å². The van der Waals surface area contributed by atoms with Gasteiger partial charge in [0.05, 0.1) is 34.3 Å². The molecule has 2 aromatic carbocycles. The van der Waals surface area contributed by atoms with E-state index >= 15 is 0 Å². The molecule has 0 bridgehead atoms. The zero-order chi connectivity index (χ0) is 26.0. The molecule has 0 radical (unpaired) electrons. The number of carbonyl (C=O) groups is 4. The molecule has 188 valence electrons. The molecule has 0 atom stereocenters. The summed E-state index contributed by atoms with van der Waals surface area (Å²) in [5, 5.41) is 5.47. The zero-order valence-electron chi connectivity index (χ0n) is 19.2. The van der Waals surface area contributed by atoms with E-state index in [-0.39, 0.29) is 36.6 Å². The molecule has 0 unspecified atom stereocenters. The number of hydrogen-bond donors (Lipinski definition) is 2. The molecule has 0 heterocycles. The molecule has 2 rings (SSSR count). The van der Waals surface area contributed by atoms with Crippen LogP contribution in [0.5, 0.6) is 0 Å². The number of rotatable bonds is 11. The van der Waals surface area contributed by atoms with Gasteiger partial charge in [-0.25, -0.2) is 4.79 Å². The van der Waals surface area contributed by atoms with E-state index < -0.39 is 5.97 Å². The summed E-state index contributed by atoms with van der Waals surface area (Å²) < 4.78 is 12.4. The molecule has 0 aromatic heterocycles. The molecular formula is C24H25I3N2O6. The van der Waals surface area contributed by atoms with Gasteiger partial charge >= 0.3 is 11.9 Å². The molecule has 11 heteroatoms. The van der Waals surface area contributed by atoms with Crippen LogP contribution in [-0.4, -0.2) is 30.4 Å². The molecule has 0 saturated heterocycles. The first-order chi connectivity index (χ1) is 16.6. The fourth-order valence-electron chi connectivity index (χ4n) is 3.01. The molecule has 0 aliphatic rings. The minimum Gasteiger partial charge on any atom is -0.462 e. The molecule has 2 N–H and O–H groups in total. The summed E-state index contributed by atoms with van der Waals surface area (Å²) >= 11 is 6.02. The van der Waals surface area contributed by atoms with Gasteiger partial charge in [0.2, 0.25) is 11.8 Å². The van der Waals surface area contributed by atoms with Crippen LogP contribution in [0, 0.1) is 10.7 Å². The number of anilines is 2. The first kappa shape index (κ1) is 29.7. The highest BCUT2D eigenvalue weighted by molar-refractivity contribution is 14.1. The SMILES string of the molecule is CC(=O)Nc1c(I)c(NC(C)=O)c(I)c(C(=O)OCCCCCC(=O)OCc2ccccc2)c1I. The topological polar surface area (TPSA) is 111 Å². The maximum absolute atomic E-state index is 12.9. The third-order valence-corrected chi connectivity index (χ3v) is 7.86. The second-order valence-electron chi connectivity index (χ2n) is 7.52. The van der Waals surface area contributed by atoms with E-state index in [1.807, 2.05) is 98.1 Å². The monoisotopic (exact) mass is 818 g/mol. The van der Waals surface area contributed by atoms with E-state index in [1.54, 1.807) is 0 Å². The number of halogens is 3. The smallest absolute Gasteiger partial charge is 0.340 e. The van der Waals surface area contributed by atoms with Gasteiger partial charge < -0.3 is 20.1 Å². The Balaban J connectivity index is 1.90. The van der Waals surface area contributed by atoms with Crippen molar-refractivity contribution in [3.05, 3.63) is 52.2 Å². The number of benzene rings is 2. The second kappa shape index (κ2) is 14.9. The van der Waals surface area contributed by atoms with Crippen LogP contribution in [0.4, 0.5) is 11.4 Å². The number of hydrogen-bond acceptors (Lipinski definition) is 6. The van der Waals surface area contributed by atoms with Crippen molar-refractivity contribution in [1.29, 1.82) is 0 Å². The van der Waals surface area contributed by atoms with Gasteiger partial charge in [-0.05, 0) is 92.6 Å². The number of ether oxygens (including phenoxy) is 2. The Morgan fingerprint density at radius 1 is 0.771 bits per heavy atom. The third kappa shape index (κ3) is 9.48. The number of amides is 2. The van der Waals surface area contributed by atoms with Crippen LogP contribution in [0.2, 0.25) is 0 Å². The summed E-state index contributed by atoms with van der Waals surface area (Å²) in [6.45, 7) is 3.18. The Morgan fingerprint density at radius 2 is 1.34 bits per heavy atom. The maximum Gasteiger partial charge on any atom is 0.340 e. The molecule has 8 nitrogen and oxygen atoms in total. The average Bonchev–Trinajstić information content (AvgIpc) is 2.81. The van der Waals surface area contributed by atoms with Gasteiger partial charge in [-0.3, -0.25) is 14.4 Å². The highest BCUT2D eigenvalue weighted by Gasteiger charge is 2.26. The van der Waals surface area contributed by atoms with E-state index in [0.717, 1.165) is 5.56 Å². The average molecular weight is 818 g/mol. The van der Waals surface area contributed by atoms with Gasteiger partial charge in [-0.1, -0.05) is 30.3 Å². The number of nitrogens with one attached hydrogen (secondary N) is 2. The predicted octanol–water partition coefficient (Wildman–Crippen LogP) is 5.88. The van der Waals surface area contributed by atoms with Crippen LogP contribution >= 0.6 is 67.8 Å². The quantitative estimate of drug-likeness (QED) is 0.167. The van der Waals surface area contributed by atoms with Crippen molar-refractivity contribution < 1.29 is 28.7 Å². The van der Waals surface area contributed by atoms with Gasteiger partial charge in [-0.15, -0.1) is 0 Å². The fourth-order valence-corrected chi connectivity index (χ4v) is 7.16. The lowest BCUT2D eigenvalue weighted by Gasteiger charge is -2.19. The fraction of sp³-hybridized carbons (Fsp3) is 0.333. The molecule has 0 fully saturated rings. The molecule has 2 amide bonds. The lowest BCUT2D eigenvalue weighted by molar-refractivity contribution is -0.145. The Morgan fingerprint density at radius 3 is 1.89 bits per heavy atom. The van der Waals surface area contributed by atoms with E-state index in [4.69, 9.17) is 9.47 Å². The van der Waals surface area contributed by atoms with Gasteiger partial charge in [0, 0.05) is 20.3 Å². The second-order valence-corrected chi connectivity index (χ2v) is 10.8. The van der Waals surface area contributed by atoms with Crippen molar-refractivity contribution in [2.45, 2.75) is 46.1 Å². The molecule has 0 aliphatic carbocycles. The van der Waals surface area contributed by atoms with E-state index in [1.165, 1.54) is 13.8 Å². The minimum absolute atomic E-state index is 0.182. The summed E-state index contributed by atoms with van der Waals surface area (Å²) in [5.74, 6) is -1.39. The Bertz CT molecular complexity index is 1050. The molecular weight excluding hydrogens is 793 g/mol. The van der Waals surface area contributed by atoms with Crippen molar-refractivity contribution in [1.82, 2.24) is 0 Å². The normalized spacial score (nSPS) is 10.4. The van der Waals surface area contributed by atoms with Crippen molar-refractivity contribution in [2.24, 2.45) is 0 Å². The summed E-state index contributed by atoms with van der Waals surface area (Å²) in [5.41, 5.74) is 2.12. The molecule has 2 aromatic rings. The Labute approximate surface area is 245 Å². The van der Waals surface area contributed by atoms with Gasteiger partial charge in [-0.2, -0.15) is 0 Å². The van der Waals surface area contributed by atoms with E-state index in [2.05, 4.69) is 10.6 Å². The van der Waals surface area contributed by atoms with E-state index in [9.17, 15) is 19.2 Å². The van der Waals surface area contributed by atoms with Crippen molar-refractivity contribution in [3.63, 3.8) is 0 Å². The summed E-state index contributed by atoms with van der Waals surface area (Å²) in [6, 6.07) is 9.49. The summed E-state index contributed by atoms with van der Waals surface area (Å²) in [6.07, 6.45) is 2.21. The number of carbonyl (C=O) groups excluding carboxylic acids is 4. The lowest BCUT2D eigenvalue weighted by Crippen LogP contribution is -2.19. The van der Waals surface area contributed by atoms with Crippen molar-refractivity contribution in [2.75, 3.05) is 17.2 Å². The highest BCUT2D eigenvalue weighted by atomic mass is 127. The largest absolute Gasteiger partial charge is 0.462 e. The highest BCUT2D eigenvalue weighted by Crippen LogP contribution is 2.39. The van der Waals surface area contributed by atoms with Crippen LogP contribution in [0.1, 0.15) is 55.5 Å². The van der Waals surface area contributed by atoms with Crippen LogP contribution in [0.25, 0.3) is 0 Å². The summed E-state index contributed by atoms with van der Waals surface area (Å²) in [7, 11) is 0. The first-order valence-electron chi connectivity index (χ1n) is 10.7. The first-order valence-corrected chi connectivity index (χ1v) is 14.0. The third-order valence-electron chi connectivity index (χ3n) is 4.62. The maximum atomic E-state index is 12.9. The lowest BCUT2D eigenvalue weighted by atomic mass is 10.1.